The molecule has 1 N–H and O–H groups in total. The van der Waals surface area contributed by atoms with E-state index in [2.05, 4.69) is 12.6 Å². The van der Waals surface area contributed by atoms with E-state index in [-0.39, 0.29) is 0 Å². The van der Waals surface area contributed by atoms with Crippen LogP contribution in [-0.4, -0.2) is 5.21 Å². The van der Waals surface area contributed by atoms with Crippen LogP contribution in [0.3, 0.4) is 0 Å². The highest BCUT2D eigenvalue weighted by Gasteiger charge is 2.07. The van der Waals surface area contributed by atoms with Crippen LogP contribution in [0.25, 0.3) is 10.9 Å². The van der Waals surface area contributed by atoms with Crippen LogP contribution in [0.2, 0.25) is 0 Å². The topological polar surface area (TPSA) is 24.1 Å². The fraction of sp³-hybridized carbons (Fsp3) is 0. The van der Waals surface area contributed by atoms with Crippen molar-refractivity contribution in [1.82, 2.24) is 0 Å². The van der Waals surface area contributed by atoms with E-state index >= 15 is 0 Å². The summed E-state index contributed by atoms with van der Waals surface area (Å²) in [5.74, 6) is 0. The van der Waals surface area contributed by atoms with Crippen molar-refractivity contribution < 1.29 is 9.94 Å². The minimum atomic E-state index is 0.769. The van der Waals surface area contributed by atoms with Gasteiger partial charge in [-0.15, -0.1) is 12.6 Å². The second-order valence-corrected chi connectivity index (χ2v) is 3.04. The molecule has 0 aliphatic rings. The van der Waals surface area contributed by atoms with Crippen molar-refractivity contribution >= 4 is 23.5 Å². The second-order valence-electron chi connectivity index (χ2n) is 2.56. The number of thiol groups is 1. The average molecular weight is 178 g/mol. The lowest BCUT2D eigenvalue weighted by Crippen LogP contribution is -2.29. The highest BCUT2D eigenvalue weighted by molar-refractivity contribution is 7.80. The molecule has 2 nitrogen and oxygen atoms in total. The predicted octanol–water partition coefficient (Wildman–Crippen LogP) is 1.65. The van der Waals surface area contributed by atoms with Gasteiger partial charge in [0.05, 0.1) is 5.39 Å². The largest absolute Gasteiger partial charge is 0.285 e. The normalized spacial score (nSPS) is 10.4. The van der Waals surface area contributed by atoms with Gasteiger partial charge in [0.2, 0.25) is 6.20 Å². The monoisotopic (exact) mass is 178 g/mol. The molecule has 0 saturated carbocycles. The Morgan fingerprint density at radius 1 is 1.17 bits per heavy atom. The summed E-state index contributed by atoms with van der Waals surface area (Å²) in [6.07, 6.45) is 1.57. The Hall–Kier alpha value is -1.22. The number of nitrogens with zero attached hydrogens (tertiary/aromatic N) is 1. The third kappa shape index (κ3) is 1.02. The standard InChI is InChI=1S/C9H7NOS/c11-10-6-5-9(12)7-3-1-2-4-8(7)10/h1-6,11H/p+1. The maximum Gasteiger partial charge on any atom is 0.265 e. The lowest BCUT2D eigenvalue weighted by Gasteiger charge is -1.95. The Morgan fingerprint density at radius 2 is 1.92 bits per heavy atom. The summed E-state index contributed by atoms with van der Waals surface area (Å²) in [5.41, 5.74) is 0.769. The predicted molar refractivity (Wildman–Crippen MR) is 48.6 cm³/mol. The zero-order valence-electron chi connectivity index (χ0n) is 6.31. The van der Waals surface area contributed by atoms with Gasteiger partial charge in [-0.2, -0.15) is 0 Å². The molecular weight excluding hydrogens is 170 g/mol. The van der Waals surface area contributed by atoms with Gasteiger partial charge in [0.15, 0.2) is 0 Å². The number of rotatable bonds is 0. The Morgan fingerprint density at radius 3 is 2.67 bits per heavy atom. The summed E-state index contributed by atoms with van der Waals surface area (Å²) in [7, 11) is 0. The van der Waals surface area contributed by atoms with E-state index in [1.54, 1.807) is 12.3 Å². The van der Waals surface area contributed by atoms with Crippen LogP contribution >= 0.6 is 12.6 Å². The molecule has 0 amide bonds. The first-order chi connectivity index (χ1) is 5.79. The van der Waals surface area contributed by atoms with E-state index in [4.69, 9.17) is 0 Å². The number of benzene rings is 1. The summed E-state index contributed by atoms with van der Waals surface area (Å²) in [6.45, 7) is 0. The van der Waals surface area contributed by atoms with E-state index in [9.17, 15) is 5.21 Å². The molecule has 0 atom stereocenters. The third-order valence-corrected chi connectivity index (χ3v) is 2.19. The van der Waals surface area contributed by atoms with Crippen molar-refractivity contribution in [3.05, 3.63) is 36.5 Å². The van der Waals surface area contributed by atoms with Crippen molar-refractivity contribution in [1.29, 1.82) is 0 Å². The van der Waals surface area contributed by atoms with Crippen molar-refractivity contribution in [3.63, 3.8) is 0 Å². The molecule has 1 aromatic carbocycles. The minimum Gasteiger partial charge on any atom is -0.285 e. The second kappa shape index (κ2) is 2.68. The number of fused-ring (bicyclic) bond motifs is 1. The van der Waals surface area contributed by atoms with Gasteiger partial charge >= 0.3 is 0 Å². The summed E-state index contributed by atoms with van der Waals surface area (Å²) < 4.78 is 1.09. The Kier molecular flexibility index (Phi) is 1.66. The van der Waals surface area contributed by atoms with Crippen LogP contribution < -0.4 is 4.73 Å². The highest BCUT2D eigenvalue weighted by atomic mass is 32.1. The quantitative estimate of drug-likeness (QED) is 0.358. The van der Waals surface area contributed by atoms with Crippen LogP contribution in [0.5, 0.6) is 0 Å². The molecule has 0 spiro atoms. The van der Waals surface area contributed by atoms with E-state index in [0.29, 0.717) is 0 Å². The maximum absolute atomic E-state index is 9.38. The van der Waals surface area contributed by atoms with Gasteiger partial charge in [-0.25, -0.2) is 0 Å². The fourth-order valence-electron chi connectivity index (χ4n) is 1.20. The number of pyridine rings is 1. The van der Waals surface area contributed by atoms with Gasteiger partial charge in [0.25, 0.3) is 5.52 Å². The van der Waals surface area contributed by atoms with Gasteiger partial charge < -0.3 is 0 Å². The first-order valence-corrected chi connectivity index (χ1v) is 4.05. The number of para-hydroxylation sites is 1. The Labute approximate surface area is 75.4 Å². The molecule has 2 rings (SSSR count). The molecule has 0 unspecified atom stereocenters. The molecule has 0 fully saturated rings. The van der Waals surface area contributed by atoms with Gasteiger partial charge in [-0.1, -0.05) is 12.1 Å². The van der Waals surface area contributed by atoms with Crippen molar-refractivity contribution in [3.8, 4) is 0 Å². The first-order valence-electron chi connectivity index (χ1n) is 3.60. The Balaban J connectivity index is 2.95. The van der Waals surface area contributed by atoms with E-state index in [1.807, 2.05) is 24.3 Å². The molecule has 0 aliphatic carbocycles. The van der Waals surface area contributed by atoms with Crippen LogP contribution in [0.1, 0.15) is 0 Å². The number of hydrogen-bond donors (Lipinski definition) is 2. The van der Waals surface area contributed by atoms with Crippen LogP contribution in [0.15, 0.2) is 41.4 Å². The van der Waals surface area contributed by atoms with Gasteiger partial charge in [0.1, 0.15) is 0 Å². The molecular formula is C9H8NOS+. The molecule has 1 heterocycles. The Bertz CT molecular complexity index is 387. The van der Waals surface area contributed by atoms with E-state index < -0.39 is 0 Å². The summed E-state index contributed by atoms with van der Waals surface area (Å²) in [5, 5.41) is 10.3. The lowest BCUT2D eigenvalue weighted by molar-refractivity contribution is -0.884. The van der Waals surface area contributed by atoms with Gasteiger partial charge in [0, 0.05) is 21.8 Å². The fourth-order valence-corrected chi connectivity index (χ4v) is 1.46. The van der Waals surface area contributed by atoms with Crippen LogP contribution in [0, 0.1) is 0 Å². The smallest absolute Gasteiger partial charge is 0.265 e. The molecule has 0 bridgehead atoms. The molecule has 1 aromatic heterocycles. The first kappa shape index (κ1) is 7.43. The van der Waals surface area contributed by atoms with Gasteiger partial charge in [-0.3, -0.25) is 5.21 Å². The van der Waals surface area contributed by atoms with Crippen LogP contribution in [0.4, 0.5) is 0 Å². The van der Waals surface area contributed by atoms with E-state index in [1.165, 1.54) is 0 Å². The van der Waals surface area contributed by atoms with Crippen LogP contribution in [-0.2, 0) is 0 Å². The molecule has 12 heavy (non-hydrogen) atoms. The zero-order valence-corrected chi connectivity index (χ0v) is 7.20. The minimum absolute atomic E-state index is 0.769. The summed E-state index contributed by atoms with van der Waals surface area (Å²) in [4.78, 5) is 0.871. The van der Waals surface area contributed by atoms with E-state index in [0.717, 1.165) is 20.5 Å². The average Bonchev–Trinajstić information content (AvgIpc) is 2.12. The highest BCUT2D eigenvalue weighted by Crippen LogP contribution is 2.17. The van der Waals surface area contributed by atoms with Gasteiger partial charge in [-0.05, 0) is 6.07 Å². The number of aromatic nitrogens is 1. The van der Waals surface area contributed by atoms with Crippen molar-refractivity contribution in [2.24, 2.45) is 0 Å². The molecule has 0 aliphatic heterocycles. The number of hydrogen-bond acceptors (Lipinski definition) is 2. The molecule has 2 aromatic rings. The summed E-state index contributed by atoms with van der Waals surface area (Å²) in [6, 6.07) is 9.31. The van der Waals surface area contributed by atoms with Crippen molar-refractivity contribution in [2.45, 2.75) is 4.90 Å². The SMILES string of the molecule is O[n+]1ccc(S)c2ccccc21. The lowest BCUT2D eigenvalue weighted by atomic mass is 10.2. The summed E-state index contributed by atoms with van der Waals surface area (Å²) >= 11 is 4.27. The van der Waals surface area contributed by atoms with Crippen molar-refractivity contribution in [2.75, 3.05) is 0 Å². The molecule has 0 radical (unpaired) electrons. The molecule has 60 valence electrons. The molecule has 3 heteroatoms. The maximum atomic E-state index is 9.38. The third-order valence-electron chi connectivity index (χ3n) is 1.80. The zero-order chi connectivity index (χ0) is 8.55. The molecule has 0 saturated heterocycles.